The monoisotopic (exact) mass is 400 g/mol. The lowest BCUT2D eigenvalue weighted by atomic mass is 9.83. The molecule has 0 N–H and O–H groups in total. The SMILES string of the molecule is CCc1ccc(CO/N=C(\c2ccccc2)C(C)(Cc2ccccc2)N(C)C)cc1. The van der Waals surface area contributed by atoms with Gasteiger partial charge in [-0.1, -0.05) is 97.0 Å². The van der Waals surface area contributed by atoms with Crippen LogP contribution in [0.1, 0.15) is 36.1 Å². The number of oxime groups is 1. The van der Waals surface area contributed by atoms with Gasteiger partial charge in [0.15, 0.2) is 0 Å². The van der Waals surface area contributed by atoms with Crippen molar-refractivity contribution in [3.63, 3.8) is 0 Å². The molecule has 0 spiro atoms. The van der Waals surface area contributed by atoms with Gasteiger partial charge in [0, 0.05) is 5.56 Å². The first-order chi connectivity index (χ1) is 14.5. The molecular formula is C27H32N2O. The molecule has 0 saturated carbocycles. The third-order valence-electron chi connectivity index (χ3n) is 5.75. The van der Waals surface area contributed by atoms with E-state index in [-0.39, 0.29) is 5.54 Å². The van der Waals surface area contributed by atoms with Crippen molar-refractivity contribution in [3.8, 4) is 0 Å². The van der Waals surface area contributed by atoms with Gasteiger partial charge in [-0.05, 0) is 50.6 Å². The van der Waals surface area contributed by atoms with Crippen LogP contribution in [0.25, 0.3) is 0 Å². The topological polar surface area (TPSA) is 24.8 Å². The van der Waals surface area contributed by atoms with Gasteiger partial charge in [-0.15, -0.1) is 0 Å². The second-order valence-electron chi connectivity index (χ2n) is 8.08. The van der Waals surface area contributed by atoms with E-state index < -0.39 is 0 Å². The van der Waals surface area contributed by atoms with Crippen LogP contribution in [-0.4, -0.2) is 30.2 Å². The molecule has 0 bridgehead atoms. The molecule has 1 unspecified atom stereocenters. The molecule has 0 heterocycles. The maximum Gasteiger partial charge on any atom is 0.142 e. The fourth-order valence-electron chi connectivity index (χ4n) is 3.55. The van der Waals surface area contributed by atoms with Crippen LogP contribution in [-0.2, 0) is 24.3 Å². The van der Waals surface area contributed by atoms with Gasteiger partial charge in [0.1, 0.15) is 12.3 Å². The standard InChI is InChI=1S/C27H32N2O/c1-5-22-16-18-24(19-17-22)21-30-28-26(25-14-10-7-11-15-25)27(2,29(3)4)20-23-12-8-6-9-13-23/h6-19H,5,20-21H2,1-4H3/b28-26+. The van der Waals surface area contributed by atoms with Gasteiger partial charge in [-0.3, -0.25) is 4.90 Å². The smallest absolute Gasteiger partial charge is 0.142 e. The summed E-state index contributed by atoms with van der Waals surface area (Å²) in [5.74, 6) is 0. The first-order valence-electron chi connectivity index (χ1n) is 10.6. The minimum atomic E-state index is -0.325. The Kier molecular flexibility index (Phi) is 7.42. The van der Waals surface area contributed by atoms with Gasteiger partial charge >= 0.3 is 0 Å². The Morgan fingerprint density at radius 1 is 0.800 bits per heavy atom. The highest BCUT2D eigenvalue weighted by atomic mass is 16.6. The van der Waals surface area contributed by atoms with Crippen LogP contribution in [0.5, 0.6) is 0 Å². The molecule has 3 rings (SSSR count). The molecule has 1 atom stereocenters. The van der Waals surface area contributed by atoms with Crippen molar-refractivity contribution in [3.05, 3.63) is 107 Å². The van der Waals surface area contributed by atoms with Crippen molar-refractivity contribution >= 4 is 5.71 Å². The van der Waals surface area contributed by atoms with E-state index in [4.69, 9.17) is 9.99 Å². The first kappa shape index (κ1) is 21.8. The summed E-state index contributed by atoms with van der Waals surface area (Å²) < 4.78 is 0. The van der Waals surface area contributed by atoms with E-state index in [0.29, 0.717) is 6.61 Å². The molecule has 0 radical (unpaired) electrons. The highest BCUT2D eigenvalue weighted by Gasteiger charge is 2.35. The largest absolute Gasteiger partial charge is 0.391 e. The first-order valence-corrected chi connectivity index (χ1v) is 10.6. The number of rotatable bonds is 9. The van der Waals surface area contributed by atoms with Gasteiger partial charge in [-0.2, -0.15) is 0 Å². The molecule has 0 aliphatic rings. The number of hydrogen-bond acceptors (Lipinski definition) is 3. The molecular weight excluding hydrogens is 368 g/mol. The van der Waals surface area contributed by atoms with Crippen molar-refractivity contribution < 1.29 is 4.84 Å². The molecule has 3 aromatic carbocycles. The van der Waals surface area contributed by atoms with E-state index in [1.807, 2.05) is 18.2 Å². The van der Waals surface area contributed by atoms with Crippen molar-refractivity contribution in [2.24, 2.45) is 5.16 Å². The summed E-state index contributed by atoms with van der Waals surface area (Å²) in [7, 11) is 4.20. The fourth-order valence-corrected chi connectivity index (χ4v) is 3.55. The van der Waals surface area contributed by atoms with E-state index in [9.17, 15) is 0 Å². The quantitative estimate of drug-likeness (QED) is 0.338. The van der Waals surface area contributed by atoms with Gasteiger partial charge in [0.05, 0.1) is 5.54 Å². The third-order valence-corrected chi connectivity index (χ3v) is 5.75. The van der Waals surface area contributed by atoms with E-state index in [1.54, 1.807) is 0 Å². The molecule has 3 nitrogen and oxygen atoms in total. The predicted octanol–water partition coefficient (Wildman–Crippen LogP) is 5.73. The molecule has 0 amide bonds. The van der Waals surface area contributed by atoms with Crippen LogP contribution in [0.4, 0.5) is 0 Å². The summed E-state index contributed by atoms with van der Waals surface area (Å²) in [6, 6.07) is 29.4. The zero-order valence-corrected chi connectivity index (χ0v) is 18.5. The second-order valence-corrected chi connectivity index (χ2v) is 8.08. The lowest BCUT2D eigenvalue weighted by Gasteiger charge is -2.37. The molecule has 0 aliphatic heterocycles. The predicted molar refractivity (Wildman–Crippen MR) is 126 cm³/mol. The summed E-state index contributed by atoms with van der Waals surface area (Å²) in [5.41, 5.74) is 5.41. The van der Waals surface area contributed by atoms with E-state index >= 15 is 0 Å². The molecule has 0 saturated heterocycles. The van der Waals surface area contributed by atoms with Crippen LogP contribution in [0, 0.1) is 0 Å². The van der Waals surface area contributed by atoms with Crippen molar-refractivity contribution in [1.82, 2.24) is 4.90 Å². The van der Waals surface area contributed by atoms with Crippen LogP contribution < -0.4 is 0 Å². The summed E-state index contributed by atoms with van der Waals surface area (Å²) in [5, 5.41) is 4.70. The zero-order chi connectivity index (χ0) is 21.4. The van der Waals surface area contributed by atoms with Crippen LogP contribution >= 0.6 is 0 Å². The fraction of sp³-hybridized carbons (Fsp3) is 0.296. The number of likely N-dealkylation sites (N-methyl/N-ethyl adjacent to an activating group) is 1. The molecule has 156 valence electrons. The second kappa shape index (κ2) is 10.2. The normalized spacial score (nSPS) is 13.8. The van der Waals surface area contributed by atoms with Crippen LogP contribution in [0.15, 0.2) is 90.1 Å². The Morgan fingerprint density at radius 2 is 1.37 bits per heavy atom. The Labute approximate surface area is 181 Å². The molecule has 0 aliphatic carbocycles. The van der Waals surface area contributed by atoms with Gasteiger partial charge < -0.3 is 4.84 Å². The Balaban J connectivity index is 1.90. The number of nitrogens with zero attached hydrogens (tertiary/aromatic N) is 2. The lowest BCUT2D eigenvalue weighted by molar-refractivity contribution is 0.124. The minimum Gasteiger partial charge on any atom is -0.391 e. The molecule has 0 aromatic heterocycles. The molecule has 3 heteroatoms. The summed E-state index contributed by atoms with van der Waals surface area (Å²) in [6.45, 7) is 4.84. The summed E-state index contributed by atoms with van der Waals surface area (Å²) in [6.07, 6.45) is 1.88. The van der Waals surface area contributed by atoms with Crippen LogP contribution in [0.3, 0.4) is 0 Å². The van der Waals surface area contributed by atoms with Gasteiger partial charge in [0.25, 0.3) is 0 Å². The Morgan fingerprint density at radius 3 is 1.93 bits per heavy atom. The Bertz CT molecular complexity index is 934. The molecule has 30 heavy (non-hydrogen) atoms. The highest BCUT2D eigenvalue weighted by molar-refractivity contribution is 6.07. The van der Waals surface area contributed by atoms with Crippen molar-refractivity contribution in [2.75, 3.05) is 14.1 Å². The highest BCUT2D eigenvalue weighted by Crippen LogP contribution is 2.25. The van der Waals surface area contributed by atoms with Gasteiger partial charge in [0.2, 0.25) is 0 Å². The minimum absolute atomic E-state index is 0.325. The van der Waals surface area contributed by atoms with E-state index in [0.717, 1.165) is 29.7 Å². The van der Waals surface area contributed by atoms with Gasteiger partial charge in [-0.25, -0.2) is 0 Å². The average molecular weight is 401 g/mol. The summed E-state index contributed by atoms with van der Waals surface area (Å²) >= 11 is 0. The third kappa shape index (κ3) is 5.37. The summed E-state index contributed by atoms with van der Waals surface area (Å²) in [4.78, 5) is 8.13. The van der Waals surface area contributed by atoms with E-state index in [2.05, 4.69) is 99.6 Å². The average Bonchev–Trinajstić information content (AvgIpc) is 2.78. The van der Waals surface area contributed by atoms with Crippen molar-refractivity contribution in [1.29, 1.82) is 0 Å². The maximum absolute atomic E-state index is 5.91. The maximum atomic E-state index is 5.91. The number of hydrogen-bond donors (Lipinski definition) is 0. The van der Waals surface area contributed by atoms with Crippen molar-refractivity contribution in [2.45, 2.75) is 38.8 Å². The number of benzene rings is 3. The molecule has 3 aromatic rings. The van der Waals surface area contributed by atoms with E-state index in [1.165, 1.54) is 11.1 Å². The Hall–Kier alpha value is -2.91. The zero-order valence-electron chi connectivity index (χ0n) is 18.5. The molecule has 0 fully saturated rings. The lowest BCUT2D eigenvalue weighted by Crippen LogP contribution is -2.51. The van der Waals surface area contributed by atoms with Crippen LogP contribution in [0.2, 0.25) is 0 Å². The number of aryl methyl sites for hydroxylation is 1.